The Bertz CT molecular complexity index is 220. The van der Waals surface area contributed by atoms with Gasteiger partial charge in [-0.25, -0.2) is 0 Å². The molecule has 1 aliphatic heterocycles. The molecule has 0 aromatic heterocycles. The Morgan fingerprint density at radius 2 is 1.94 bits per heavy atom. The SMILES string of the molecule is CC1CC(C)C(C)N(CC(O)CNC(C)C)C1. The summed E-state index contributed by atoms with van der Waals surface area (Å²) in [5.74, 6) is 1.50. The lowest BCUT2D eigenvalue weighted by Gasteiger charge is -2.42. The summed E-state index contributed by atoms with van der Waals surface area (Å²) in [7, 11) is 0. The third-order valence-corrected chi connectivity index (χ3v) is 3.93. The van der Waals surface area contributed by atoms with Crippen molar-refractivity contribution in [2.75, 3.05) is 19.6 Å². The average molecular weight is 242 g/mol. The Hall–Kier alpha value is -0.120. The minimum atomic E-state index is -0.252. The van der Waals surface area contributed by atoms with Gasteiger partial charge in [-0.2, -0.15) is 0 Å². The first kappa shape index (κ1) is 14.9. The molecule has 0 bridgehead atoms. The van der Waals surface area contributed by atoms with Gasteiger partial charge in [0, 0.05) is 31.7 Å². The Morgan fingerprint density at radius 1 is 1.29 bits per heavy atom. The van der Waals surface area contributed by atoms with E-state index >= 15 is 0 Å². The van der Waals surface area contributed by atoms with E-state index in [1.54, 1.807) is 0 Å². The number of likely N-dealkylation sites (tertiary alicyclic amines) is 1. The van der Waals surface area contributed by atoms with Crippen LogP contribution in [0.15, 0.2) is 0 Å². The van der Waals surface area contributed by atoms with Gasteiger partial charge in [0.1, 0.15) is 0 Å². The molecule has 1 aliphatic rings. The summed E-state index contributed by atoms with van der Waals surface area (Å²) in [6.45, 7) is 13.8. The van der Waals surface area contributed by atoms with Gasteiger partial charge in [0.25, 0.3) is 0 Å². The molecule has 0 amide bonds. The van der Waals surface area contributed by atoms with Crippen molar-refractivity contribution in [1.29, 1.82) is 0 Å². The first-order chi connectivity index (χ1) is 7.90. The van der Waals surface area contributed by atoms with Crippen molar-refractivity contribution in [2.45, 2.75) is 59.2 Å². The lowest BCUT2D eigenvalue weighted by atomic mass is 9.86. The van der Waals surface area contributed by atoms with E-state index in [-0.39, 0.29) is 6.10 Å². The normalized spacial score (nSPS) is 33.0. The number of hydrogen-bond donors (Lipinski definition) is 2. The van der Waals surface area contributed by atoms with Crippen LogP contribution in [0.1, 0.15) is 41.0 Å². The number of nitrogens with zero attached hydrogens (tertiary/aromatic N) is 1. The van der Waals surface area contributed by atoms with Gasteiger partial charge >= 0.3 is 0 Å². The van der Waals surface area contributed by atoms with Crippen molar-refractivity contribution in [3.05, 3.63) is 0 Å². The fourth-order valence-electron chi connectivity index (χ4n) is 2.78. The Labute approximate surface area is 107 Å². The molecule has 4 atom stereocenters. The molecule has 1 fully saturated rings. The van der Waals surface area contributed by atoms with Crippen LogP contribution < -0.4 is 5.32 Å². The van der Waals surface area contributed by atoms with Gasteiger partial charge in [-0.3, -0.25) is 4.90 Å². The molecule has 0 aromatic carbocycles. The van der Waals surface area contributed by atoms with Gasteiger partial charge in [0.05, 0.1) is 6.10 Å². The molecule has 0 aromatic rings. The average Bonchev–Trinajstić information content (AvgIpc) is 2.22. The van der Waals surface area contributed by atoms with Gasteiger partial charge in [0.2, 0.25) is 0 Å². The van der Waals surface area contributed by atoms with Gasteiger partial charge in [-0.15, -0.1) is 0 Å². The molecule has 17 heavy (non-hydrogen) atoms. The summed E-state index contributed by atoms with van der Waals surface area (Å²) in [5, 5.41) is 13.3. The summed E-state index contributed by atoms with van der Waals surface area (Å²) in [6, 6.07) is 1.04. The molecule has 0 radical (unpaired) electrons. The van der Waals surface area contributed by atoms with E-state index in [0.29, 0.717) is 18.6 Å². The van der Waals surface area contributed by atoms with Crippen LogP contribution in [0, 0.1) is 11.8 Å². The molecule has 0 aliphatic carbocycles. The predicted octanol–water partition coefficient (Wildman–Crippen LogP) is 1.71. The topological polar surface area (TPSA) is 35.5 Å². The first-order valence-electron chi connectivity index (χ1n) is 7.05. The van der Waals surface area contributed by atoms with Crippen LogP contribution in [0.2, 0.25) is 0 Å². The second-order valence-corrected chi connectivity index (χ2v) is 6.23. The highest BCUT2D eigenvalue weighted by molar-refractivity contribution is 4.83. The highest BCUT2D eigenvalue weighted by atomic mass is 16.3. The summed E-state index contributed by atoms with van der Waals surface area (Å²) in [5.41, 5.74) is 0. The minimum Gasteiger partial charge on any atom is -0.390 e. The van der Waals surface area contributed by atoms with E-state index in [1.165, 1.54) is 6.42 Å². The highest BCUT2D eigenvalue weighted by Gasteiger charge is 2.29. The summed E-state index contributed by atoms with van der Waals surface area (Å²) in [4.78, 5) is 2.45. The third kappa shape index (κ3) is 4.94. The lowest BCUT2D eigenvalue weighted by molar-refractivity contribution is 0.0317. The Kier molecular flexibility index (Phi) is 5.90. The Balaban J connectivity index is 2.38. The molecule has 3 heteroatoms. The van der Waals surface area contributed by atoms with Gasteiger partial charge in [-0.05, 0) is 25.2 Å². The monoisotopic (exact) mass is 242 g/mol. The van der Waals surface area contributed by atoms with Crippen LogP contribution in [0.25, 0.3) is 0 Å². The van der Waals surface area contributed by atoms with Crippen LogP contribution in [-0.4, -0.2) is 47.8 Å². The van der Waals surface area contributed by atoms with Gasteiger partial charge in [0.15, 0.2) is 0 Å². The number of hydrogen-bond acceptors (Lipinski definition) is 3. The van der Waals surface area contributed by atoms with Crippen molar-refractivity contribution in [3.63, 3.8) is 0 Å². The van der Waals surface area contributed by atoms with Crippen molar-refractivity contribution < 1.29 is 5.11 Å². The smallest absolute Gasteiger partial charge is 0.0791 e. The number of aliphatic hydroxyl groups is 1. The van der Waals surface area contributed by atoms with Crippen LogP contribution in [-0.2, 0) is 0 Å². The molecule has 102 valence electrons. The largest absolute Gasteiger partial charge is 0.390 e. The van der Waals surface area contributed by atoms with E-state index < -0.39 is 0 Å². The third-order valence-electron chi connectivity index (χ3n) is 3.93. The molecule has 1 rings (SSSR count). The summed E-state index contributed by atoms with van der Waals surface area (Å²) in [6.07, 6.45) is 1.07. The maximum Gasteiger partial charge on any atom is 0.0791 e. The zero-order valence-corrected chi connectivity index (χ0v) is 12.1. The van der Waals surface area contributed by atoms with Crippen LogP contribution in [0.5, 0.6) is 0 Å². The van der Waals surface area contributed by atoms with E-state index in [4.69, 9.17) is 0 Å². The van der Waals surface area contributed by atoms with Gasteiger partial charge in [-0.1, -0.05) is 27.7 Å². The zero-order valence-electron chi connectivity index (χ0n) is 12.1. The molecular formula is C14H30N2O. The second-order valence-electron chi connectivity index (χ2n) is 6.23. The fraction of sp³-hybridized carbons (Fsp3) is 1.00. The fourth-order valence-corrected chi connectivity index (χ4v) is 2.78. The predicted molar refractivity (Wildman–Crippen MR) is 73.1 cm³/mol. The van der Waals surface area contributed by atoms with Crippen LogP contribution in [0.4, 0.5) is 0 Å². The molecule has 0 saturated carbocycles. The molecule has 4 unspecified atom stereocenters. The molecule has 1 heterocycles. The maximum atomic E-state index is 10.0. The maximum absolute atomic E-state index is 10.0. The van der Waals surface area contributed by atoms with E-state index in [1.807, 2.05) is 0 Å². The number of rotatable bonds is 5. The zero-order chi connectivity index (χ0) is 13.0. The lowest BCUT2D eigenvalue weighted by Crippen LogP contribution is -2.50. The Morgan fingerprint density at radius 3 is 2.53 bits per heavy atom. The molecule has 3 nitrogen and oxygen atoms in total. The highest BCUT2D eigenvalue weighted by Crippen LogP contribution is 2.26. The van der Waals surface area contributed by atoms with E-state index in [2.05, 4.69) is 44.8 Å². The molecule has 2 N–H and O–H groups in total. The quantitative estimate of drug-likeness (QED) is 0.770. The van der Waals surface area contributed by atoms with Gasteiger partial charge < -0.3 is 10.4 Å². The number of piperidine rings is 1. The van der Waals surface area contributed by atoms with Crippen molar-refractivity contribution in [1.82, 2.24) is 10.2 Å². The van der Waals surface area contributed by atoms with Crippen molar-refractivity contribution >= 4 is 0 Å². The standard InChI is InChI=1S/C14H30N2O/c1-10(2)15-7-14(17)9-16-8-11(3)6-12(4)13(16)5/h10-15,17H,6-9H2,1-5H3. The summed E-state index contributed by atoms with van der Waals surface area (Å²) < 4.78 is 0. The van der Waals surface area contributed by atoms with E-state index in [0.717, 1.165) is 24.9 Å². The molecule has 1 saturated heterocycles. The number of nitrogens with one attached hydrogen (secondary N) is 1. The number of aliphatic hydroxyl groups excluding tert-OH is 1. The van der Waals surface area contributed by atoms with E-state index in [9.17, 15) is 5.11 Å². The first-order valence-corrected chi connectivity index (χ1v) is 7.05. The van der Waals surface area contributed by atoms with Crippen molar-refractivity contribution in [2.24, 2.45) is 11.8 Å². The minimum absolute atomic E-state index is 0.252. The molecule has 0 spiro atoms. The van der Waals surface area contributed by atoms with Crippen LogP contribution in [0.3, 0.4) is 0 Å². The van der Waals surface area contributed by atoms with Crippen LogP contribution >= 0.6 is 0 Å². The molecular weight excluding hydrogens is 212 g/mol. The number of β-amino-alcohol motifs (C(OH)–C–C–N with tert-alkyl or cyclic N) is 1. The second kappa shape index (κ2) is 6.72. The van der Waals surface area contributed by atoms with Crippen molar-refractivity contribution in [3.8, 4) is 0 Å². The summed E-state index contributed by atoms with van der Waals surface area (Å²) >= 11 is 0.